The summed E-state index contributed by atoms with van der Waals surface area (Å²) in [4.78, 5) is 68.2. The third-order valence-electron chi connectivity index (χ3n) is 11.0. The lowest BCUT2D eigenvalue weighted by Gasteiger charge is -2.39. The van der Waals surface area contributed by atoms with Gasteiger partial charge in [-0.3, -0.25) is 14.4 Å². The van der Waals surface area contributed by atoms with Crippen molar-refractivity contribution >= 4 is 29.7 Å². The Bertz CT molecular complexity index is 1510. The van der Waals surface area contributed by atoms with Gasteiger partial charge in [0.2, 0.25) is 11.7 Å². The molecule has 4 unspecified atom stereocenters. The van der Waals surface area contributed by atoms with Crippen molar-refractivity contribution in [2.45, 2.75) is 111 Å². The first-order chi connectivity index (χ1) is 24.4. The van der Waals surface area contributed by atoms with Crippen molar-refractivity contribution in [2.75, 3.05) is 19.7 Å². The van der Waals surface area contributed by atoms with Gasteiger partial charge in [-0.05, 0) is 72.8 Å². The molecule has 12 nitrogen and oxygen atoms in total. The van der Waals surface area contributed by atoms with Gasteiger partial charge in [0.05, 0.1) is 18.1 Å². The van der Waals surface area contributed by atoms with Gasteiger partial charge >= 0.3 is 12.1 Å². The van der Waals surface area contributed by atoms with Crippen molar-refractivity contribution in [3.63, 3.8) is 0 Å². The van der Waals surface area contributed by atoms with E-state index in [9.17, 15) is 24.0 Å². The van der Waals surface area contributed by atoms with Crippen LogP contribution in [0.25, 0.3) is 0 Å². The minimum absolute atomic E-state index is 0.00544. The van der Waals surface area contributed by atoms with E-state index in [1.807, 2.05) is 58.6 Å². The average molecular weight is 721 g/mol. The predicted octanol–water partition coefficient (Wildman–Crippen LogP) is 4.24. The van der Waals surface area contributed by atoms with Crippen LogP contribution in [0.15, 0.2) is 49.2 Å². The summed E-state index contributed by atoms with van der Waals surface area (Å²) in [6.07, 6.45) is 3.29. The molecule has 2 fully saturated rings. The second-order valence-electron chi connectivity index (χ2n) is 16.6. The number of hydrogen-bond acceptors (Lipinski definition) is 7. The number of alkyl carbamates (subject to hydrolysis) is 1. The van der Waals surface area contributed by atoms with Crippen molar-refractivity contribution < 1.29 is 28.7 Å². The lowest BCUT2D eigenvalue weighted by molar-refractivity contribution is -0.140. The number of carbonyl (C=O) groups is 5. The quantitative estimate of drug-likeness (QED) is 0.126. The molecular weight excluding hydrogens is 660 g/mol. The van der Waals surface area contributed by atoms with Crippen molar-refractivity contribution in [3.05, 3.63) is 60.3 Å². The second kappa shape index (κ2) is 16.5. The maximum absolute atomic E-state index is 14.3. The van der Waals surface area contributed by atoms with E-state index in [2.05, 4.69) is 65.7 Å². The zero-order valence-electron chi connectivity index (χ0n) is 32.3. The van der Waals surface area contributed by atoms with E-state index in [4.69, 9.17) is 4.74 Å². The molecule has 1 saturated heterocycles. The molecule has 1 aromatic rings. The molecule has 2 aliphatic carbocycles. The van der Waals surface area contributed by atoms with Gasteiger partial charge in [-0.15, -0.1) is 6.58 Å². The molecule has 0 spiro atoms. The first-order valence-electron chi connectivity index (χ1n) is 18.7. The van der Waals surface area contributed by atoms with Crippen LogP contribution in [0.2, 0.25) is 0 Å². The van der Waals surface area contributed by atoms with Crippen LogP contribution in [0.4, 0.5) is 9.59 Å². The Balaban J connectivity index is 1.58. The highest BCUT2D eigenvalue weighted by molar-refractivity contribution is 6.38. The van der Waals surface area contributed by atoms with Gasteiger partial charge in [0.15, 0.2) is 0 Å². The van der Waals surface area contributed by atoms with Gasteiger partial charge in [-0.1, -0.05) is 84.9 Å². The number of ether oxygens (including phenoxy) is 1. The number of likely N-dealkylation sites (tertiary alicyclic amines) is 1. The topological polar surface area (TPSA) is 158 Å². The minimum Gasteiger partial charge on any atom is -0.447 e. The Labute approximate surface area is 309 Å². The number of rotatable bonds is 16. The summed E-state index contributed by atoms with van der Waals surface area (Å²) in [6, 6.07) is 5.06. The number of carbonyl (C=O) groups excluding carboxylic acids is 5. The zero-order chi connectivity index (χ0) is 38.5. The summed E-state index contributed by atoms with van der Waals surface area (Å²) in [5.41, 5.74) is 2.50. The molecule has 3 aliphatic rings. The van der Waals surface area contributed by atoms with Gasteiger partial charge in [-0.25, -0.2) is 9.59 Å². The molecule has 12 heteroatoms. The maximum Gasteiger partial charge on any atom is 0.407 e. The van der Waals surface area contributed by atoms with Gasteiger partial charge in [0.25, 0.3) is 5.91 Å². The molecule has 5 amide bonds. The predicted molar refractivity (Wildman–Crippen MR) is 201 cm³/mol. The van der Waals surface area contributed by atoms with Crippen molar-refractivity contribution in [3.8, 4) is 0 Å². The summed E-state index contributed by atoms with van der Waals surface area (Å²) >= 11 is 0. The number of fused-ring (bicyclic) bond motifs is 2. The number of amides is 5. The number of nitrogens with one attached hydrogen (secondary N) is 5. The molecule has 52 heavy (non-hydrogen) atoms. The van der Waals surface area contributed by atoms with E-state index in [1.54, 1.807) is 0 Å². The van der Waals surface area contributed by atoms with Crippen LogP contribution < -0.4 is 26.6 Å². The second-order valence-corrected chi connectivity index (χ2v) is 16.6. The van der Waals surface area contributed by atoms with Crippen LogP contribution in [0, 0.1) is 28.6 Å². The first-order valence-corrected chi connectivity index (χ1v) is 18.7. The number of benzene rings is 1. The fourth-order valence-electron chi connectivity index (χ4n) is 7.87. The Hall–Kier alpha value is -4.35. The van der Waals surface area contributed by atoms with E-state index < -0.39 is 53.4 Å². The van der Waals surface area contributed by atoms with Gasteiger partial charge < -0.3 is 36.2 Å². The third kappa shape index (κ3) is 9.35. The van der Waals surface area contributed by atoms with Gasteiger partial charge in [0.1, 0.15) is 12.6 Å². The summed E-state index contributed by atoms with van der Waals surface area (Å²) in [5.74, 6) is -1.59. The summed E-state index contributed by atoms with van der Waals surface area (Å²) in [7, 11) is 0. The number of nitrogens with zero attached hydrogens (tertiary/aromatic N) is 1. The lowest BCUT2D eigenvalue weighted by atomic mass is 9.87. The molecule has 0 radical (unpaired) electrons. The third-order valence-corrected chi connectivity index (χ3v) is 11.0. The summed E-state index contributed by atoms with van der Waals surface area (Å²) in [5, 5.41) is 14.4. The number of urea groups is 1. The van der Waals surface area contributed by atoms with Gasteiger partial charge in [-0.2, -0.15) is 0 Å². The lowest BCUT2D eigenvalue weighted by Crippen LogP contribution is -2.58. The Morgan fingerprint density at radius 1 is 1.02 bits per heavy atom. The highest BCUT2D eigenvalue weighted by atomic mass is 16.5. The highest BCUT2D eigenvalue weighted by Gasteiger charge is 2.69. The largest absolute Gasteiger partial charge is 0.447 e. The SMILES string of the molecule is C=CCNC(=O)C(=O)C(CCC)NC(=O)C1[C@@H]2[C@H](CN1C(=C)C(NC(=O)NC(COC(=O)NC(C)C)C(C)(C)C)C1Cc3ccccc3C1)C2(C)C. The average Bonchev–Trinajstić information content (AvgIpc) is 3.42. The molecule has 4 rings (SSSR count). The first kappa shape index (κ1) is 40.4. The normalized spacial score (nSPS) is 21.9. The van der Waals surface area contributed by atoms with E-state index in [0.29, 0.717) is 25.1 Å². The molecule has 1 aromatic carbocycles. The van der Waals surface area contributed by atoms with Crippen LogP contribution in [-0.2, 0) is 32.0 Å². The Morgan fingerprint density at radius 2 is 1.65 bits per heavy atom. The van der Waals surface area contributed by atoms with Crippen molar-refractivity contribution in [1.29, 1.82) is 0 Å². The number of piperidine rings is 1. The maximum atomic E-state index is 14.3. The highest BCUT2D eigenvalue weighted by Crippen LogP contribution is 2.65. The molecule has 1 aliphatic heterocycles. The van der Waals surface area contributed by atoms with E-state index in [-0.39, 0.29) is 48.3 Å². The van der Waals surface area contributed by atoms with Crippen LogP contribution in [0.1, 0.15) is 79.4 Å². The van der Waals surface area contributed by atoms with Crippen molar-refractivity contribution in [1.82, 2.24) is 31.5 Å². The van der Waals surface area contributed by atoms with Crippen LogP contribution in [0.5, 0.6) is 0 Å². The van der Waals surface area contributed by atoms with Crippen LogP contribution >= 0.6 is 0 Å². The summed E-state index contributed by atoms with van der Waals surface area (Å²) in [6.45, 7) is 24.6. The molecule has 1 saturated carbocycles. The fourth-order valence-corrected chi connectivity index (χ4v) is 7.87. The summed E-state index contributed by atoms with van der Waals surface area (Å²) < 4.78 is 5.48. The van der Waals surface area contributed by atoms with E-state index in [0.717, 1.165) is 12.8 Å². The number of Topliss-reactive ketones (excluding diaryl/α,β-unsaturated/α-hetero) is 1. The zero-order valence-corrected chi connectivity index (χ0v) is 32.3. The minimum atomic E-state index is -0.971. The van der Waals surface area contributed by atoms with E-state index in [1.165, 1.54) is 17.2 Å². The molecule has 5 N–H and O–H groups in total. The molecule has 0 bridgehead atoms. The fraction of sp³-hybridized carbons (Fsp3) is 0.625. The van der Waals surface area contributed by atoms with E-state index >= 15 is 0 Å². The standard InChI is InChI=1S/C40H60N6O6/c1-11-15-29(34(47)36(49)41-18-12-2)43-35(48)33-31-28(40(31,9)10)21-46(33)24(5)32(27-19-25-16-13-14-17-26(25)20-27)45-37(50)44-30(39(6,7)8)22-52-38(51)42-23(3)4/h12-14,16-17,23,27-33H,2,5,11,15,18-22H2,1,3-4,6-10H3,(H,41,49)(H,42,51)(H,43,48)(H2,44,45,50)/t28-,29?,30?,31-,32?,33?/m0/s1. The molecule has 6 atom stereocenters. The smallest absolute Gasteiger partial charge is 0.407 e. The Kier molecular flexibility index (Phi) is 12.9. The number of hydrogen-bond donors (Lipinski definition) is 5. The van der Waals surface area contributed by atoms with Gasteiger partial charge in [0, 0.05) is 24.8 Å². The monoisotopic (exact) mass is 720 g/mol. The molecule has 1 heterocycles. The Morgan fingerprint density at radius 3 is 2.21 bits per heavy atom. The van der Waals surface area contributed by atoms with Crippen LogP contribution in [0.3, 0.4) is 0 Å². The molecular formula is C40H60N6O6. The molecule has 0 aromatic heterocycles. The number of ketones is 1. The molecule has 286 valence electrons. The van der Waals surface area contributed by atoms with Crippen molar-refractivity contribution in [2.24, 2.45) is 28.6 Å². The van der Waals surface area contributed by atoms with Crippen LogP contribution in [-0.4, -0.2) is 84.5 Å².